The molecular weight excluding hydrogens is 556 g/mol. The number of carbonyl (C=O) groups is 4. The molecule has 4 N–H and O–H groups in total. The van der Waals surface area contributed by atoms with E-state index in [1.807, 2.05) is 26.8 Å². The normalized spacial score (nSPS) is 14.6. The van der Waals surface area contributed by atoms with Crippen LogP contribution in [0.2, 0.25) is 0 Å². The van der Waals surface area contributed by atoms with E-state index in [0.717, 1.165) is 30.0 Å². The molecule has 0 unspecified atom stereocenters. The van der Waals surface area contributed by atoms with Gasteiger partial charge in [-0.15, -0.1) is 0 Å². The van der Waals surface area contributed by atoms with Gasteiger partial charge in [-0.2, -0.15) is 23.5 Å². The summed E-state index contributed by atoms with van der Waals surface area (Å²) in [6, 6.07) is 7.49. The molecule has 41 heavy (non-hydrogen) atoms. The van der Waals surface area contributed by atoms with Crippen molar-refractivity contribution in [1.82, 2.24) is 21.3 Å². The van der Waals surface area contributed by atoms with Crippen molar-refractivity contribution in [3.05, 3.63) is 35.4 Å². The molecule has 1 rings (SSSR count). The van der Waals surface area contributed by atoms with E-state index >= 15 is 0 Å². The van der Waals surface area contributed by atoms with Crippen molar-refractivity contribution in [3.63, 3.8) is 0 Å². The summed E-state index contributed by atoms with van der Waals surface area (Å²) in [7, 11) is 1.78. The SMILES string of the molecule is CC[C@H](C)[C@H](NC(=O)[C@H](CC(C)C)NC)C(=O)N[C@H](C)CSCc1cccc(CSCCC(=O)NC(C)(C)C=O)c1. The molecular formula is C31H52N4O4S2. The quantitative estimate of drug-likeness (QED) is 0.129. The monoisotopic (exact) mass is 608 g/mol. The van der Waals surface area contributed by atoms with E-state index in [2.05, 4.69) is 53.3 Å². The third kappa shape index (κ3) is 15.1. The van der Waals surface area contributed by atoms with Crippen LogP contribution in [0.15, 0.2) is 24.3 Å². The number of hydrogen-bond donors (Lipinski definition) is 4. The van der Waals surface area contributed by atoms with Gasteiger partial charge in [0, 0.05) is 35.5 Å². The van der Waals surface area contributed by atoms with E-state index in [9.17, 15) is 19.2 Å². The number of carbonyl (C=O) groups excluding carboxylic acids is 4. The van der Waals surface area contributed by atoms with Gasteiger partial charge in [0.2, 0.25) is 17.7 Å². The second kappa shape index (κ2) is 19.2. The molecule has 1 aromatic rings. The summed E-state index contributed by atoms with van der Waals surface area (Å²) in [5, 5.41) is 11.9. The Hall–Kier alpha value is -2.04. The van der Waals surface area contributed by atoms with Crippen molar-refractivity contribution in [2.75, 3.05) is 18.6 Å². The summed E-state index contributed by atoms with van der Waals surface area (Å²) in [5.74, 6) is 3.07. The number of amides is 3. The molecule has 0 radical (unpaired) electrons. The lowest BCUT2D eigenvalue weighted by atomic mass is 9.96. The number of likely N-dealkylation sites (N-methyl/N-ethyl adjacent to an activating group) is 1. The lowest BCUT2D eigenvalue weighted by Crippen LogP contribution is -2.56. The molecule has 1 aromatic carbocycles. The summed E-state index contributed by atoms with van der Waals surface area (Å²) in [6.07, 6.45) is 2.61. The van der Waals surface area contributed by atoms with Crippen LogP contribution >= 0.6 is 23.5 Å². The van der Waals surface area contributed by atoms with Crippen molar-refractivity contribution in [2.24, 2.45) is 11.8 Å². The van der Waals surface area contributed by atoms with Crippen molar-refractivity contribution in [3.8, 4) is 0 Å². The molecule has 10 heteroatoms. The molecule has 3 amide bonds. The molecule has 0 aliphatic heterocycles. The average Bonchev–Trinajstić information content (AvgIpc) is 2.91. The maximum atomic E-state index is 13.2. The van der Waals surface area contributed by atoms with Crippen molar-refractivity contribution < 1.29 is 19.2 Å². The molecule has 0 spiro atoms. The van der Waals surface area contributed by atoms with Crippen molar-refractivity contribution >= 4 is 47.5 Å². The van der Waals surface area contributed by atoms with Gasteiger partial charge < -0.3 is 26.1 Å². The summed E-state index contributed by atoms with van der Waals surface area (Å²) in [6.45, 7) is 13.5. The van der Waals surface area contributed by atoms with Crippen LogP contribution in [0.4, 0.5) is 0 Å². The predicted octanol–water partition coefficient (Wildman–Crippen LogP) is 4.31. The molecule has 0 bridgehead atoms. The second-order valence-electron chi connectivity index (χ2n) is 11.8. The topological polar surface area (TPSA) is 116 Å². The Morgan fingerprint density at radius 2 is 1.61 bits per heavy atom. The summed E-state index contributed by atoms with van der Waals surface area (Å²) >= 11 is 3.45. The van der Waals surface area contributed by atoms with Crippen LogP contribution in [0.3, 0.4) is 0 Å². The first kappa shape index (κ1) is 37.0. The van der Waals surface area contributed by atoms with Crippen LogP contribution in [0.25, 0.3) is 0 Å². The fourth-order valence-corrected chi connectivity index (χ4v) is 5.99. The highest BCUT2D eigenvalue weighted by molar-refractivity contribution is 7.98. The molecule has 0 aliphatic rings. The minimum Gasteiger partial charge on any atom is -0.351 e. The molecule has 4 atom stereocenters. The molecule has 8 nitrogen and oxygen atoms in total. The maximum Gasteiger partial charge on any atom is 0.243 e. The first-order valence-electron chi connectivity index (χ1n) is 14.6. The van der Waals surface area contributed by atoms with Crippen LogP contribution < -0.4 is 21.3 Å². The zero-order valence-corrected chi connectivity index (χ0v) is 27.8. The first-order valence-corrected chi connectivity index (χ1v) is 16.9. The van der Waals surface area contributed by atoms with Gasteiger partial charge in [-0.1, -0.05) is 58.4 Å². The maximum absolute atomic E-state index is 13.2. The van der Waals surface area contributed by atoms with Gasteiger partial charge in [0.05, 0.1) is 11.6 Å². The standard InChI is InChI=1S/C31H52N4O4S2/c1-9-22(4)28(34-29(38)26(32-8)15-21(2)3)30(39)33-23(5)17-41-19-25-12-10-11-24(16-25)18-40-14-13-27(37)35-31(6,7)20-36/h10-12,16,20-23,26,28,32H,9,13-15,17-19H2,1-8H3,(H,33,39)(H,34,38)(H,35,37)/t22-,23+,26-,28-/m0/s1. The Bertz CT molecular complexity index is 973. The zero-order chi connectivity index (χ0) is 31.0. The highest BCUT2D eigenvalue weighted by Crippen LogP contribution is 2.19. The summed E-state index contributed by atoms with van der Waals surface area (Å²) in [4.78, 5) is 49.0. The smallest absolute Gasteiger partial charge is 0.243 e. The van der Waals surface area contributed by atoms with Crippen LogP contribution in [-0.4, -0.2) is 66.2 Å². The van der Waals surface area contributed by atoms with Gasteiger partial charge in [0.25, 0.3) is 0 Å². The third-order valence-electron chi connectivity index (χ3n) is 6.68. The van der Waals surface area contributed by atoms with Gasteiger partial charge >= 0.3 is 0 Å². The van der Waals surface area contributed by atoms with Gasteiger partial charge in [-0.25, -0.2) is 0 Å². The van der Waals surface area contributed by atoms with Gasteiger partial charge in [-0.05, 0) is 57.2 Å². The van der Waals surface area contributed by atoms with Crippen molar-refractivity contribution in [1.29, 1.82) is 0 Å². The third-order valence-corrected chi connectivity index (χ3v) is 8.98. The number of hydrogen-bond acceptors (Lipinski definition) is 7. The van der Waals surface area contributed by atoms with Crippen LogP contribution in [-0.2, 0) is 30.7 Å². The van der Waals surface area contributed by atoms with E-state index in [1.165, 1.54) is 11.1 Å². The fourth-order valence-electron chi connectivity index (χ4n) is 4.13. The minimum atomic E-state index is -0.831. The Morgan fingerprint density at radius 3 is 2.17 bits per heavy atom. The van der Waals surface area contributed by atoms with Crippen LogP contribution in [0.5, 0.6) is 0 Å². The molecule has 232 valence electrons. The average molecular weight is 609 g/mol. The minimum absolute atomic E-state index is 0.0218. The largest absolute Gasteiger partial charge is 0.351 e. The molecule has 0 saturated carbocycles. The Morgan fingerprint density at radius 1 is 0.976 bits per heavy atom. The molecule has 0 heterocycles. The van der Waals surface area contributed by atoms with E-state index in [4.69, 9.17) is 0 Å². The van der Waals surface area contributed by atoms with E-state index in [1.54, 1.807) is 44.4 Å². The molecule has 0 aliphatic carbocycles. The molecule has 0 aromatic heterocycles. The lowest BCUT2D eigenvalue weighted by Gasteiger charge is -2.27. The van der Waals surface area contributed by atoms with Crippen LogP contribution in [0.1, 0.15) is 78.9 Å². The molecule has 0 saturated heterocycles. The fraction of sp³-hybridized carbons (Fsp3) is 0.677. The zero-order valence-electron chi connectivity index (χ0n) is 26.2. The number of thioether (sulfide) groups is 2. The predicted molar refractivity (Wildman–Crippen MR) is 173 cm³/mol. The summed E-state index contributed by atoms with van der Waals surface area (Å²) in [5.41, 5.74) is 1.58. The van der Waals surface area contributed by atoms with Gasteiger partial charge in [0.15, 0.2) is 0 Å². The molecule has 0 fully saturated rings. The Labute approximate surface area is 256 Å². The highest BCUT2D eigenvalue weighted by atomic mass is 32.2. The summed E-state index contributed by atoms with van der Waals surface area (Å²) < 4.78 is 0. The van der Waals surface area contributed by atoms with Crippen molar-refractivity contribution in [2.45, 2.75) is 103 Å². The number of rotatable bonds is 20. The van der Waals surface area contributed by atoms with E-state index in [-0.39, 0.29) is 35.7 Å². The lowest BCUT2D eigenvalue weighted by molar-refractivity contribution is -0.131. The van der Waals surface area contributed by atoms with E-state index < -0.39 is 11.6 Å². The van der Waals surface area contributed by atoms with E-state index in [0.29, 0.717) is 24.5 Å². The van der Waals surface area contributed by atoms with Gasteiger partial charge in [0.1, 0.15) is 12.3 Å². The first-order chi connectivity index (χ1) is 19.3. The van der Waals surface area contributed by atoms with Gasteiger partial charge in [-0.3, -0.25) is 14.4 Å². The Kier molecular flexibility index (Phi) is 17.3. The number of aldehydes is 1. The number of benzene rings is 1. The van der Waals surface area contributed by atoms with Crippen LogP contribution in [0, 0.1) is 11.8 Å². The highest BCUT2D eigenvalue weighted by Gasteiger charge is 2.29. The Balaban J connectivity index is 2.53. The second-order valence-corrected chi connectivity index (χ2v) is 13.9. The number of nitrogens with one attached hydrogen (secondary N) is 4.